The van der Waals surface area contributed by atoms with Crippen LogP contribution in [0, 0.1) is 5.41 Å². The monoisotopic (exact) mass is 359 g/mol. The van der Waals surface area contributed by atoms with Gasteiger partial charge in [0.1, 0.15) is 11.5 Å². The number of ketones is 2. The predicted octanol–water partition coefficient (Wildman–Crippen LogP) is 4.35. The maximum atomic E-state index is 13.3. The van der Waals surface area contributed by atoms with Crippen molar-refractivity contribution in [1.82, 2.24) is 4.57 Å². The van der Waals surface area contributed by atoms with E-state index in [9.17, 15) is 9.59 Å². The molecule has 136 valence electrons. The number of para-hydroxylation sites is 1. The van der Waals surface area contributed by atoms with Crippen molar-refractivity contribution in [1.29, 1.82) is 0 Å². The molecule has 0 bridgehead atoms. The Morgan fingerprint density at radius 3 is 2.59 bits per heavy atom. The second kappa shape index (κ2) is 5.56. The molecule has 0 radical (unpaired) electrons. The first-order valence-electron chi connectivity index (χ1n) is 9.38. The van der Waals surface area contributed by atoms with Gasteiger partial charge < -0.3 is 9.30 Å². The number of hydrogen-bond donors (Lipinski definition) is 0. The fraction of sp³-hybridized carbons (Fsp3) is 0.304. The molecular formula is C23H21NO3. The van der Waals surface area contributed by atoms with Crippen LogP contribution in [0.2, 0.25) is 0 Å². The van der Waals surface area contributed by atoms with Gasteiger partial charge in [0.15, 0.2) is 5.78 Å². The van der Waals surface area contributed by atoms with Gasteiger partial charge in [0.2, 0.25) is 0 Å². The summed E-state index contributed by atoms with van der Waals surface area (Å²) >= 11 is 0. The lowest BCUT2D eigenvalue weighted by molar-refractivity contribution is -0.123. The van der Waals surface area contributed by atoms with Crippen molar-refractivity contribution in [3.05, 3.63) is 65.4 Å². The molecule has 5 rings (SSSR count). The number of ether oxygens (including phenoxy) is 1. The van der Waals surface area contributed by atoms with Gasteiger partial charge in [0.25, 0.3) is 0 Å². The molecule has 0 N–H and O–H groups in total. The van der Waals surface area contributed by atoms with Crippen molar-refractivity contribution in [3.8, 4) is 5.75 Å². The zero-order valence-electron chi connectivity index (χ0n) is 15.5. The Morgan fingerprint density at radius 2 is 1.85 bits per heavy atom. The first kappa shape index (κ1) is 16.3. The summed E-state index contributed by atoms with van der Waals surface area (Å²) in [5, 5.41) is 0.967. The first-order chi connectivity index (χ1) is 13.1. The number of methoxy groups -OCH3 is 1. The van der Waals surface area contributed by atoms with Crippen LogP contribution in [0.25, 0.3) is 10.9 Å². The number of carbonyl (C=O) groups is 2. The molecule has 2 aliphatic rings. The maximum absolute atomic E-state index is 13.3. The average Bonchev–Trinajstić information content (AvgIpc) is 3.25. The molecule has 1 saturated carbocycles. The molecule has 2 atom stereocenters. The number of nitrogens with zero attached hydrogens (tertiary/aromatic N) is 1. The van der Waals surface area contributed by atoms with Crippen molar-refractivity contribution in [2.45, 2.75) is 32.2 Å². The predicted molar refractivity (Wildman–Crippen MR) is 103 cm³/mol. The molecule has 3 aromatic rings. The minimum atomic E-state index is -0.879. The summed E-state index contributed by atoms with van der Waals surface area (Å²) in [7, 11) is 1.66. The first-order valence-corrected chi connectivity index (χ1v) is 9.38. The van der Waals surface area contributed by atoms with Gasteiger partial charge >= 0.3 is 0 Å². The molecule has 4 heteroatoms. The molecule has 0 saturated heterocycles. The summed E-state index contributed by atoms with van der Waals surface area (Å²) in [6, 6.07) is 16.1. The maximum Gasteiger partial charge on any atom is 0.179 e. The van der Waals surface area contributed by atoms with Crippen LogP contribution in [0.1, 0.15) is 47.3 Å². The van der Waals surface area contributed by atoms with E-state index < -0.39 is 5.41 Å². The zero-order chi connectivity index (χ0) is 18.8. The number of Topliss-reactive ketones (excluding diaryl/α,β-unsaturated/α-hetero) is 2. The van der Waals surface area contributed by atoms with E-state index in [1.807, 2.05) is 37.3 Å². The number of hydrogen-bond acceptors (Lipinski definition) is 3. The zero-order valence-corrected chi connectivity index (χ0v) is 15.5. The van der Waals surface area contributed by atoms with Crippen molar-refractivity contribution < 1.29 is 14.3 Å². The quantitative estimate of drug-likeness (QED) is 0.653. The minimum absolute atomic E-state index is 0.00896. The number of carbonyl (C=O) groups excluding carboxylic acids is 2. The molecule has 27 heavy (non-hydrogen) atoms. The summed E-state index contributed by atoms with van der Waals surface area (Å²) in [4.78, 5) is 25.9. The molecule has 1 fully saturated rings. The summed E-state index contributed by atoms with van der Waals surface area (Å²) in [5.41, 5.74) is 3.14. The van der Waals surface area contributed by atoms with Gasteiger partial charge in [-0.15, -0.1) is 0 Å². The Hall–Kier alpha value is -2.88. The lowest BCUT2D eigenvalue weighted by Crippen LogP contribution is -2.31. The number of fused-ring (bicyclic) bond motifs is 5. The number of aromatic nitrogens is 1. The van der Waals surface area contributed by atoms with Gasteiger partial charge in [0.05, 0.1) is 12.5 Å². The van der Waals surface area contributed by atoms with Crippen LogP contribution in [0.3, 0.4) is 0 Å². The molecule has 0 amide bonds. The minimum Gasteiger partial charge on any atom is -0.497 e. The summed E-state index contributed by atoms with van der Waals surface area (Å²) in [6.45, 7) is 2.52. The lowest BCUT2D eigenvalue weighted by Gasteiger charge is -2.22. The lowest BCUT2D eigenvalue weighted by atomic mass is 9.79. The molecule has 0 unspecified atom stereocenters. The SMILES string of the molecule is COc1ccc(Cn2c3c(c4ccccc42)C(=O)[C@]2(C)C(=O)CC[C@H]32)cc1. The van der Waals surface area contributed by atoms with Gasteiger partial charge in [0, 0.05) is 41.0 Å². The molecule has 2 aliphatic carbocycles. The normalized spacial score (nSPS) is 23.7. The van der Waals surface area contributed by atoms with Gasteiger partial charge in [-0.25, -0.2) is 0 Å². The molecule has 0 spiro atoms. The summed E-state index contributed by atoms with van der Waals surface area (Å²) < 4.78 is 7.50. The highest BCUT2D eigenvalue weighted by molar-refractivity contribution is 6.24. The Balaban J connectivity index is 1.71. The van der Waals surface area contributed by atoms with Gasteiger partial charge in [-0.05, 0) is 37.1 Å². The van der Waals surface area contributed by atoms with Crippen LogP contribution in [-0.2, 0) is 11.3 Å². The highest BCUT2D eigenvalue weighted by Gasteiger charge is 2.59. The number of rotatable bonds is 3. The van der Waals surface area contributed by atoms with Crippen molar-refractivity contribution >= 4 is 22.5 Å². The molecule has 4 nitrogen and oxygen atoms in total. The Morgan fingerprint density at radius 1 is 1.11 bits per heavy atom. The highest BCUT2D eigenvalue weighted by atomic mass is 16.5. The van der Waals surface area contributed by atoms with Crippen LogP contribution in [0.5, 0.6) is 5.75 Å². The molecule has 2 aromatic carbocycles. The van der Waals surface area contributed by atoms with Crippen LogP contribution in [0.15, 0.2) is 48.5 Å². The van der Waals surface area contributed by atoms with Crippen LogP contribution in [0.4, 0.5) is 0 Å². The van der Waals surface area contributed by atoms with E-state index >= 15 is 0 Å². The third-order valence-electron chi connectivity index (χ3n) is 6.48. The Bertz CT molecular complexity index is 1090. The van der Waals surface area contributed by atoms with E-state index in [1.165, 1.54) is 0 Å². The van der Waals surface area contributed by atoms with E-state index in [0.29, 0.717) is 13.0 Å². The van der Waals surface area contributed by atoms with Crippen LogP contribution < -0.4 is 4.74 Å². The fourth-order valence-corrected chi connectivity index (χ4v) is 4.98. The van der Waals surface area contributed by atoms with E-state index in [0.717, 1.165) is 39.9 Å². The molecule has 1 heterocycles. The third kappa shape index (κ3) is 2.04. The van der Waals surface area contributed by atoms with Crippen molar-refractivity contribution in [2.24, 2.45) is 5.41 Å². The van der Waals surface area contributed by atoms with Crippen LogP contribution in [-0.4, -0.2) is 23.2 Å². The van der Waals surface area contributed by atoms with E-state index in [1.54, 1.807) is 7.11 Å². The van der Waals surface area contributed by atoms with E-state index in [2.05, 4.69) is 22.8 Å². The number of benzene rings is 2. The second-order valence-corrected chi connectivity index (χ2v) is 7.76. The Kier molecular flexibility index (Phi) is 3.36. The van der Waals surface area contributed by atoms with E-state index in [4.69, 9.17) is 4.74 Å². The smallest absolute Gasteiger partial charge is 0.179 e. The van der Waals surface area contributed by atoms with E-state index in [-0.39, 0.29) is 17.5 Å². The average molecular weight is 359 g/mol. The highest BCUT2D eigenvalue weighted by Crippen LogP contribution is 2.57. The van der Waals surface area contributed by atoms with Gasteiger partial charge in [-0.2, -0.15) is 0 Å². The van der Waals surface area contributed by atoms with Crippen LogP contribution >= 0.6 is 0 Å². The largest absolute Gasteiger partial charge is 0.497 e. The topological polar surface area (TPSA) is 48.3 Å². The standard InChI is InChI=1S/C23H21NO3/c1-23-17(11-12-19(23)25)21-20(22(23)26)16-5-3-4-6-18(16)24(21)13-14-7-9-15(27-2)10-8-14/h3-10,17H,11-13H2,1-2H3/t17-,23+/m1/s1. The Labute approximate surface area is 157 Å². The second-order valence-electron chi connectivity index (χ2n) is 7.76. The third-order valence-corrected chi connectivity index (χ3v) is 6.48. The summed E-state index contributed by atoms with van der Waals surface area (Å²) in [6.07, 6.45) is 1.25. The van der Waals surface area contributed by atoms with Crippen molar-refractivity contribution in [2.75, 3.05) is 7.11 Å². The van der Waals surface area contributed by atoms with Gasteiger partial charge in [-0.1, -0.05) is 30.3 Å². The fourth-order valence-electron chi connectivity index (χ4n) is 4.98. The molecule has 1 aromatic heterocycles. The van der Waals surface area contributed by atoms with Gasteiger partial charge in [-0.3, -0.25) is 9.59 Å². The molecular weight excluding hydrogens is 338 g/mol. The summed E-state index contributed by atoms with van der Waals surface area (Å²) in [5.74, 6) is 0.909. The van der Waals surface area contributed by atoms with Crippen molar-refractivity contribution in [3.63, 3.8) is 0 Å². The molecule has 0 aliphatic heterocycles.